The molecule has 2 N–H and O–H groups in total. The Hall–Kier alpha value is -3.12. The summed E-state index contributed by atoms with van der Waals surface area (Å²) >= 11 is 3.44. The highest BCUT2D eigenvalue weighted by atomic mass is 79.9. The normalized spacial score (nSPS) is 11.8. The Morgan fingerprint density at radius 1 is 0.909 bits per heavy atom. The number of nitrogens with one attached hydrogen (secondary N) is 1. The lowest BCUT2D eigenvalue weighted by Gasteiger charge is -2.35. The van der Waals surface area contributed by atoms with Gasteiger partial charge in [0.15, 0.2) is 0 Å². The molecule has 0 fully saturated rings. The van der Waals surface area contributed by atoms with Gasteiger partial charge in [-0.25, -0.2) is 0 Å². The van der Waals surface area contributed by atoms with Crippen LogP contribution in [0.5, 0.6) is 5.75 Å². The molecular weight excluding hydrogens is 480 g/mol. The zero-order valence-corrected chi connectivity index (χ0v) is 20.5. The van der Waals surface area contributed by atoms with Gasteiger partial charge < -0.3 is 15.3 Å². The predicted octanol–water partition coefficient (Wildman–Crippen LogP) is 5.38. The van der Waals surface area contributed by atoms with E-state index in [9.17, 15) is 14.7 Å². The standard InChI is InChI=1S/C27H29BrN2O3/c1-19(2)30(25(32)17-10-20-8-15-24(31)16-9-20)26(22-11-13-23(28)14-12-22)27(33)29-18-21-6-4-3-5-7-21/h3-9,11-16,19,26,31H,10,17-18H2,1-2H3,(H,29,33). The Morgan fingerprint density at radius 2 is 1.55 bits per heavy atom. The van der Waals surface area contributed by atoms with Crippen LogP contribution in [0.4, 0.5) is 0 Å². The SMILES string of the molecule is CC(C)N(C(=O)CCc1ccc(O)cc1)C(C(=O)NCc1ccccc1)c1ccc(Br)cc1. The minimum atomic E-state index is -0.742. The second kappa shape index (κ2) is 11.7. The van der Waals surface area contributed by atoms with E-state index in [1.54, 1.807) is 29.2 Å². The summed E-state index contributed by atoms with van der Waals surface area (Å²) in [5, 5.41) is 12.5. The monoisotopic (exact) mass is 508 g/mol. The molecule has 1 unspecified atom stereocenters. The van der Waals surface area contributed by atoms with E-state index in [2.05, 4.69) is 21.2 Å². The van der Waals surface area contributed by atoms with Crippen LogP contribution < -0.4 is 5.32 Å². The van der Waals surface area contributed by atoms with E-state index in [0.29, 0.717) is 13.0 Å². The summed E-state index contributed by atoms with van der Waals surface area (Å²) in [4.78, 5) is 28.5. The maximum atomic E-state index is 13.4. The zero-order chi connectivity index (χ0) is 23.8. The Kier molecular flexibility index (Phi) is 8.66. The summed E-state index contributed by atoms with van der Waals surface area (Å²) in [6.07, 6.45) is 0.795. The fourth-order valence-electron chi connectivity index (χ4n) is 3.74. The van der Waals surface area contributed by atoms with Crippen LogP contribution in [-0.2, 0) is 22.6 Å². The molecule has 33 heavy (non-hydrogen) atoms. The van der Waals surface area contributed by atoms with Crippen LogP contribution in [0.1, 0.15) is 43.0 Å². The number of benzene rings is 3. The van der Waals surface area contributed by atoms with Gasteiger partial charge in [-0.15, -0.1) is 0 Å². The van der Waals surface area contributed by atoms with Crippen molar-refractivity contribution in [3.63, 3.8) is 0 Å². The van der Waals surface area contributed by atoms with Crippen molar-refractivity contribution in [2.24, 2.45) is 0 Å². The first-order valence-electron chi connectivity index (χ1n) is 11.0. The third-order valence-electron chi connectivity index (χ3n) is 5.43. The Labute approximate surface area is 203 Å². The van der Waals surface area contributed by atoms with Gasteiger partial charge >= 0.3 is 0 Å². The highest BCUT2D eigenvalue weighted by Gasteiger charge is 2.32. The quantitative estimate of drug-likeness (QED) is 0.407. The number of carbonyl (C=O) groups is 2. The third kappa shape index (κ3) is 6.93. The van der Waals surface area contributed by atoms with E-state index < -0.39 is 6.04 Å². The van der Waals surface area contributed by atoms with Crippen molar-refractivity contribution >= 4 is 27.7 Å². The molecule has 2 amide bonds. The maximum Gasteiger partial charge on any atom is 0.247 e. The van der Waals surface area contributed by atoms with E-state index in [0.717, 1.165) is 21.2 Å². The van der Waals surface area contributed by atoms with Gasteiger partial charge in [0.25, 0.3) is 0 Å². The summed E-state index contributed by atoms with van der Waals surface area (Å²) in [6, 6.07) is 23.1. The number of aromatic hydroxyl groups is 1. The second-order valence-electron chi connectivity index (χ2n) is 8.22. The van der Waals surface area contributed by atoms with Gasteiger partial charge in [-0.3, -0.25) is 9.59 Å². The largest absolute Gasteiger partial charge is 0.508 e. The van der Waals surface area contributed by atoms with Crippen LogP contribution in [0.2, 0.25) is 0 Å². The fourth-order valence-corrected chi connectivity index (χ4v) is 4.00. The molecule has 0 aliphatic rings. The molecule has 0 saturated carbocycles. The number of amides is 2. The average molecular weight is 509 g/mol. The van der Waals surface area contributed by atoms with Crippen molar-refractivity contribution in [1.82, 2.24) is 10.2 Å². The van der Waals surface area contributed by atoms with Crippen molar-refractivity contribution in [1.29, 1.82) is 0 Å². The van der Waals surface area contributed by atoms with Crippen molar-refractivity contribution < 1.29 is 14.7 Å². The first kappa shape index (κ1) is 24.5. The lowest BCUT2D eigenvalue weighted by atomic mass is 10.0. The molecule has 0 aliphatic heterocycles. The summed E-state index contributed by atoms with van der Waals surface area (Å²) in [7, 11) is 0. The Balaban J connectivity index is 1.82. The molecule has 3 rings (SSSR count). The molecule has 6 heteroatoms. The molecule has 0 radical (unpaired) electrons. The van der Waals surface area contributed by atoms with E-state index in [1.807, 2.05) is 68.4 Å². The lowest BCUT2D eigenvalue weighted by Crippen LogP contribution is -2.47. The van der Waals surface area contributed by atoms with Gasteiger partial charge in [-0.2, -0.15) is 0 Å². The molecule has 172 valence electrons. The van der Waals surface area contributed by atoms with Gasteiger partial charge in [0.05, 0.1) is 0 Å². The minimum absolute atomic E-state index is 0.0964. The Bertz CT molecular complexity index is 1050. The van der Waals surface area contributed by atoms with E-state index in [4.69, 9.17) is 0 Å². The number of carbonyl (C=O) groups excluding carboxylic acids is 2. The van der Waals surface area contributed by atoms with Crippen LogP contribution in [-0.4, -0.2) is 27.9 Å². The third-order valence-corrected chi connectivity index (χ3v) is 5.96. The van der Waals surface area contributed by atoms with Crippen molar-refractivity contribution in [2.75, 3.05) is 0 Å². The topological polar surface area (TPSA) is 69.6 Å². The molecule has 0 saturated heterocycles. The van der Waals surface area contributed by atoms with Gasteiger partial charge in [0, 0.05) is 23.5 Å². The van der Waals surface area contributed by atoms with Crippen LogP contribution in [0, 0.1) is 0 Å². The highest BCUT2D eigenvalue weighted by Crippen LogP contribution is 2.27. The second-order valence-corrected chi connectivity index (χ2v) is 9.13. The van der Waals surface area contributed by atoms with Gasteiger partial charge in [0.2, 0.25) is 11.8 Å². The van der Waals surface area contributed by atoms with Crippen molar-refractivity contribution in [2.45, 2.75) is 45.3 Å². The van der Waals surface area contributed by atoms with Crippen LogP contribution in [0.3, 0.4) is 0 Å². The average Bonchev–Trinajstić information content (AvgIpc) is 2.81. The van der Waals surface area contributed by atoms with Crippen LogP contribution in [0.15, 0.2) is 83.3 Å². The number of hydrogen-bond donors (Lipinski definition) is 2. The van der Waals surface area contributed by atoms with Crippen LogP contribution in [0.25, 0.3) is 0 Å². The molecule has 0 aliphatic carbocycles. The molecule has 5 nitrogen and oxygen atoms in total. The Morgan fingerprint density at radius 3 is 2.15 bits per heavy atom. The minimum Gasteiger partial charge on any atom is -0.508 e. The summed E-state index contributed by atoms with van der Waals surface area (Å²) < 4.78 is 0.907. The van der Waals surface area contributed by atoms with Gasteiger partial charge in [0.1, 0.15) is 11.8 Å². The first-order chi connectivity index (χ1) is 15.8. The lowest BCUT2D eigenvalue weighted by molar-refractivity contribution is -0.143. The maximum absolute atomic E-state index is 13.4. The fraction of sp³-hybridized carbons (Fsp3) is 0.259. The number of aryl methyl sites for hydroxylation is 1. The molecule has 0 heterocycles. The number of phenolic OH excluding ortho intramolecular Hbond substituents is 1. The van der Waals surface area contributed by atoms with Crippen molar-refractivity contribution in [3.8, 4) is 5.75 Å². The van der Waals surface area contributed by atoms with Gasteiger partial charge in [-0.05, 0) is 61.2 Å². The zero-order valence-electron chi connectivity index (χ0n) is 18.9. The summed E-state index contributed by atoms with van der Waals surface area (Å²) in [5.74, 6) is -0.118. The number of phenols is 1. The number of nitrogens with zero attached hydrogens (tertiary/aromatic N) is 1. The first-order valence-corrected chi connectivity index (χ1v) is 11.8. The number of rotatable bonds is 9. The summed E-state index contributed by atoms with van der Waals surface area (Å²) in [6.45, 7) is 4.24. The number of halogens is 1. The van der Waals surface area contributed by atoms with E-state index in [1.165, 1.54) is 0 Å². The molecule has 3 aromatic carbocycles. The van der Waals surface area contributed by atoms with E-state index >= 15 is 0 Å². The molecule has 1 atom stereocenters. The highest BCUT2D eigenvalue weighted by molar-refractivity contribution is 9.10. The predicted molar refractivity (Wildman–Crippen MR) is 134 cm³/mol. The van der Waals surface area contributed by atoms with Gasteiger partial charge in [-0.1, -0.05) is 70.5 Å². The van der Waals surface area contributed by atoms with Crippen LogP contribution >= 0.6 is 15.9 Å². The summed E-state index contributed by atoms with van der Waals surface area (Å²) in [5.41, 5.74) is 2.71. The smallest absolute Gasteiger partial charge is 0.247 e. The molecular formula is C27H29BrN2O3. The molecule has 0 bridgehead atoms. The van der Waals surface area contributed by atoms with Crippen molar-refractivity contribution in [3.05, 3.63) is 100 Å². The molecule has 0 spiro atoms. The molecule has 0 aromatic heterocycles. The number of hydrogen-bond acceptors (Lipinski definition) is 3. The molecule has 3 aromatic rings. The van der Waals surface area contributed by atoms with E-state index in [-0.39, 0.29) is 30.0 Å².